The molecule has 3 rings (SSSR count). The van der Waals surface area contributed by atoms with Crippen LogP contribution in [0.4, 0.5) is 5.82 Å². The number of hydrogen-bond donors (Lipinski definition) is 2. The number of benzene rings is 1. The molecule has 3 aromatic rings. The number of aromatic nitrogens is 1. The molecule has 0 saturated heterocycles. The third-order valence-electron chi connectivity index (χ3n) is 3.64. The summed E-state index contributed by atoms with van der Waals surface area (Å²) < 4.78 is 0. The van der Waals surface area contributed by atoms with Gasteiger partial charge >= 0.3 is 0 Å². The van der Waals surface area contributed by atoms with Gasteiger partial charge in [0.2, 0.25) is 0 Å². The first-order chi connectivity index (χ1) is 11.2. The monoisotopic (exact) mass is 324 g/mol. The molecule has 118 valence electrons. The molecule has 0 saturated carbocycles. The van der Waals surface area contributed by atoms with Crippen LogP contribution in [-0.4, -0.2) is 16.6 Å². The van der Waals surface area contributed by atoms with Crippen molar-refractivity contribution < 1.29 is 5.11 Å². The first kappa shape index (κ1) is 15.6. The van der Waals surface area contributed by atoms with Gasteiger partial charge in [-0.05, 0) is 67.4 Å². The minimum atomic E-state index is 0.266. The number of aryl methyl sites for hydroxylation is 1. The summed E-state index contributed by atoms with van der Waals surface area (Å²) in [4.78, 5) is 7.32. The topological polar surface area (TPSA) is 45.1 Å². The molecule has 2 aromatic heterocycles. The Morgan fingerprint density at radius 1 is 1.00 bits per heavy atom. The summed E-state index contributed by atoms with van der Waals surface area (Å²) in [5.74, 6) is 1.14. The van der Waals surface area contributed by atoms with Crippen molar-refractivity contribution in [2.24, 2.45) is 0 Å². The molecular formula is C19H20N2OS. The van der Waals surface area contributed by atoms with Crippen LogP contribution in [0.5, 0.6) is 5.75 Å². The SMILES string of the molecule is CCNc1cc(-c2ccc(CC)s2)cc(-c2ccc(O)cc2)n1. The van der Waals surface area contributed by atoms with Gasteiger partial charge in [0, 0.05) is 21.9 Å². The summed E-state index contributed by atoms with van der Waals surface area (Å²) in [6.07, 6.45) is 1.06. The molecule has 0 aliphatic rings. The average molecular weight is 324 g/mol. The van der Waals surface area contributed by atoms with Gasteiger partial charge < -0.3 is 10.4 Å². The van der Waals surface area contributed by atoms with E-state index in [2.05, 4.69) is 48.4 Å². The lowest BCUT2D eigenvalue weighted by molar-refractivity contribution is 0.475. The van der Waals surface area contributed by atoms with Crippen molar-refractivity contribution in [1.29, 1.82) is 0 Å². The normalized spacial score (nSPS) is 10.7. The van der Waals surface area contributed by atoms with Crippen LogP contribution in [0.1, 0.15) is 18.7 Å². The number of phenolic OH excluding ortho intramolecular Hbond substituents is 1. The number of nitrogens with one attached hydrogen (secondary N) is 1. The van der Waals surface area contributed by atoms with Gasteiger partial charge in [0.15, 0.2) is 0 Å². The Morgan fingerprint density at radius 3 is 2.43 bits per heavy atom. The van der Waals surface area contributed by atoms with E-state index in [0.717, 1.165) is 30.0 Å². The van der Waals surface area contributed by atoms with Crippen molar-refractivity contribution in [3.05, 3.63) is 53.4 Å². The van der Waals surface area contributed by atoms with Crippen molar-refractivity contribution in [3.63, 3.8) is 0 Å². The zero-order valence-corrected chi connectivity index (χ0v) is 14.2. The van der Waals surface area contributed by atoms with E-state index in [1.165, 1.54) is 15.3 Å². The molecule has 0 radical (unpaired) electrons. The molecule has 0 atom stereocenters. The summed E-state index contributed by atoms with van der Waals surface area (Å²) in [7, 11) is 0. The van der Waals surface area contributed by atoms with Crippen LogP contribution in [0.3, 0.4) is 0 Å². The van der Waals surface area contributed by atoms with E-state index in [4.69, 9.17) is 0 Å². The molecule has 2 N–H and O–H groups in total. The molecule has 0 unspecified atom stereocenters. The van der Waals surface area contributed by atoms with Gasteiger partial charge in [-0.25, -0.2) is 4.98 Å². The van der Waals surface area contributed by atoms with E-state index in [-0.39, 0.29) is 5.75 Å². The van der Waals surface area contributed by atoms with Gasteiger partial charge in [0.1, 0.15) is 11.6 Å². The molecule has 3 nitrogen and oxygen atoms in total. The first-order valence-electron chi connectivity index (χ1n) is 7.84. The fraction of sp³-hybridized carbons (Fsp3) is 0.211. The Kier molecular flexibility index (Phi) is 4.63. The van der Waals surface area contributed by atoms with Gasteiger partial charge in [-0.15, -0.1) is 11.3 Å². The Bertz CT molecular complexity index is 793. The van der Waals surface area contributed by atoms with E-state index >= 15 is 0 Å². The van der Waals surface area contributed by atoms with E-state index in [9.17, 15) is 5.11 Å². The van der Waals surface area contributed by atoms with Gasteiger partial charge in [0.25, 0.3) is 0 Å². The highest BCUT2D eigenvalue weighted by atomic mass is 32.1. The van der Waals surface area contributed by atoms with Crippen LogP contribution in [0.2, 0.25) is 0 Å². The molecule has 4 heteroatoms. The quantitative estimate of drug-likeness (QED) is 0.680. The molecule has 0 aliphatic heterocycles. The number of thiophene rings is 1. The second-order valence-corrected chi connectivity index (χ2v) is 6.49. The smallest absolute Gasteiger partial charge is 0.127 e. The summed E-state index contributed by atoms with van der Waals surface area (Å²) in [5.41, 5.74) is 3.07. The lowest BCUT2D eigenvalue weighted by atomic mass is 10.1. The first-order valence-corrected chi connectivity index (χ1v) is 8.65. The lowest BCUT2D eigenvalue weighted by Crippen LogP contribution is -2.00. The fourth-order valence-electron chi connectivity index (χ4n) is 2.45. The second-order valence-electron chi connectivity index (χ2n) is 5.32. The Balaban J connectivity index is 2.07. The van der Waals surface area contributed by atoms with Crippen molar-refractivity contribution in [3.8, 4) is 27.4 Å². The number of nitrogens with zero attached hydrogens (tertiary/aromatic N) is 1. The zero-order valence-electron chi connectivity index (χ0n) is 13.3. The van der Waals surface area contributed by atoms with Gasteiger partial charge in [-0.1, -0.05) is 6.92 Å². The molecule has 0 bridgehead atoms. The van der Waals surface area contributed by atoms with Crippen molar-refractivity contribution >= 4 is 17.2 Å². The van der Waals surface area contributed by atoms with Gasteiger partial charge in [0.05, 0.1) is 5.69 Å². The third-order valence-corrected chi connectivity index (χ3v) is 4.92. The highest BCUT2D eigenvalue weighted by Crippen LogP contribution is 2.33. The molecule has 1 aromatic carbocycles. The van der Waals surface area contributed by atoms with Gasteiger partial charge in [-0.3, -0.25) is 0 Å². The van der Waals surface area contributed by atoms with E-state index < -0.39 is 0 Å². The largest absolute Gasteiger partial charge is 0.508 e. The Hall–Kier alpha value is -2.33. The highest BCUT2D eigenvalue weighted by Gasteiger charge is 2.09. The standard InChI is InChI=1S/C19H20N2OS/c1-3-16-9-10-18(23-16)14-11-17(21-19(12-14)20-4-2)13-5-7-15(22)8-6-13/h5-12,22H,3-4H2,1-2H3,(H,20,21). The maximum absolute atomic E-state index is 9.47. The van der Waals surface area contributed by atoms with Crippen LogP contribution < -0.4 is 5.32 Å². The van der Waals surface area contributed by atoms with E-state index in [1.54, 1.807) is 12.1 Å². The molecule has 0 amide bonds. The van der Waals surface area contributed by atoms with Crippen LogP contribution in [0.15, 0.2) is 48.5 Å². The van der Waals surface area contributed by atoms with Gasteiger partial charge in [-0.2, -0.15) is 0 Å². The maximum Gasteiger partial charge on any atom is 0.127 e. The predicted molar refractivity (Wildman–Crippen MR) is 98.2 cm³/mol. The van der Waals surface area contributed by atoms with Crippen molar-refractivity contribution in [1.82, 2.24) is 4.98 Å². The molecule has 0 aliphatic carbocycles. The Labute approximate surface area is 140 Å². The van der Waals surface area contributed by atoms with Crippen LogP contribution in [0.25, 0.3) is 21.7 Å². The summed E-state index contributed by atoms with van der Waals surface area (Å²) in [6, 6.07) is 15.7. The number of aromatic hydroxyl groups is 1. The van der Waals surface area contributed by atoms with Crippen LogP contribution >= 0.6 is 11.3 Å². The molecule has 0 fully saturated rings. The third kappa shape index (κ3) is 3.54. The van der Waals surface area contributed by atoms with E-state index in [1.807, 2.05) is 23.5 Å². The van der Waals surface area contributed by atoms with Crippen LogP contribution in [-0.2, 0) is 6.42 Å². The van der Waals surface area contributed by atoms with Crippen molar-refractivity contribution in [2.75, 3.05) is 11.9 Å². The molecule has 0 spiro atoms. The van der Waals surface area contributed by atoms with Crippen LogP contribution in [0, 0.1) is 0 Å². The lowest BCUT2D eigenvalue weighted by Gasteiger charge is -2.09. The fourth-order valence-corrected chi connectivity index (χ4v) is 3.38. The average Bonchev–Trinajstić information content (AvgIpc) is 3.05. The number of anilines is 1. The summed E-state index contributed by atoms with van der Waals surface area (Å²) in [6.45, 7) is 5.07. The minimum absolute atomic E-state index is 0.266. The predicted octanol–water partition coefficient (Wildman–Crippen LogP) is 5.18. The number of rotatable bonds is 5. The maximum atomic E-state index is 9.47. The zero-order chi connectivity index (χ0) is 16.2. The second kappa shape index (κ2) is 6.84. The van der Waals surface area contributed by atoms with E-state index in [0.29, 0.717) is 0 Å². The molecule has 2 heterocycles. The van der Waals surface area contributed by atoms with Crippen molar-refractivity contribution in [2.45, 2.75) is 20.3 Å². The Morgan fingerprint density at radius 2 is 1.78 bits per heavy atom. The number of phenols is 1. The molecular weight excluding hydrogens is 304 g/mol. The number of hydrogen-bond acceptors (Lipinski definition) is 4. The molecule has 23 heavy (non-hydrogen) atoms. The minimum Gasteiger partial charge on any atom is -0.508 e. The summed E-state index contributed by atoms with van der Waals surface area (Å²) >= 11 is 1.82. The summed E-state index contributed by atoms with van der Waals surface area (Å²) in [5, 5.41) is 12.8. The highest BCUT2D eigenvalue weighted by molar-refractivity contribution is 7.15. The number of pyridine rings is 1.